The molecule has 0 spiro atoms. The molecule has 0 saturated carbocycles. The summed E-state index contributed by atoms with van der Waals surface area (Å²) < 4.78 is 26.0. The topological polar surface area (TPSA) is 44.7 Å². The summed E-state index contributed by atoms with van der Waals surface area (Å²) in [6.07, 6.45) is 3.47. The van der Waals surface area contributed by atoms with E-state index in [2.05, 4.69) is 65.5 Å². The molecule has 30 heavy (non-hydrogen) atoms. The summed E-state index contributed by atoms with van der Waals surface area (Å²) in [4.78, 5) is 2.73. The maximum absolute atomic E-state index is 7.11. The molecule has 8 heteroatoms. The van der Waals surface area contributed by atoms with Crippen LogP contribution < -0.4 is 0 Å². The molecule has 1 aliphatic heterocycles. The summed E-state index contributed by atoms with van der Waals surface area (Å²) >= 11 is 0. The van der Waals surface area contributed by atoms with Gasteiger partial charge in [0.2, 0.25) is 0 Å². The molecule has 1 aliphatic rings. The van der Waals surface area contributed by atoms with Gasteiger partial charge in [0.05, 0.1) is 28.7 Å². The van der Waals surface area contributed by atoms with Crippen LogP contribution in [0.3, 0.4) is 0 Å². The van der Waals surface area contributed by atoms with Crippen LogP contribution >= 0.6 is 0 Å². The molecule has 0 aromatic carbocycles. The predicted octanol–water partition coefficient (Wildman–Crippen LogP) is 7.29. The van der Waals surface area contributed by atoms with Crippen molar-refractivity contribution in [3.05, 3.63) is 58.0 Å². The molecule has 0 saturated heterocycles. The minimum atomic E-state index is -2.38. The molecule has 2 aromatic heterocycles. The van der Waals surface area contributed by atoms with Gasteiger partial charge in [-0.3, -0.25) is 0 Å². The van der Waals surface area contributed by atoms with E-state index < -0.39 is 32.8 Å². The monoisotopic (exact) mass is 476 g/mol. The molecule has 0 fully saturated rings. The van der Waals surface area contributed by atoms with Gasteiger partial charge in [-0.25, -0.2) is 0 Å². The second-order valence-electron chi connectivity index (χ2n) is 11.1. The Labute approximate surface area is 185 Å². The molecule has 0 unspecified atom stereocenters. The fraction of sp³-hybridized carbons (Fsp3) is 0.455. The third kappa shape index (κ3) is 4.41. The third-order valence-electron chi connectivity index (χ3n) is 5.36. The molecular formula is C22H36O4Si4. The Morgan fingerprint density at radius 3 is 1.17 bits per heavy atom. The second kappa shape index (κ2) is 7.58. The van der Waals surface area contributed by atoms with Crippen molar-refractivity contribution in [3.63, 3.8) is 0 Å². The van der Waals surface area contributed by atoms with E-state index in [0.29, 0.717) is 0 Å². The van der Waals surface area contributed by atoms with Gasteiger partial charge >= 0.3 is 0 Å². The van der Waals surface area contributed by atoms with Crippen LogP contribution in [0.5, 0.6) is 0 Å². The average molecular weight is 477 g/mol. The minimum Gasteiger partial charge on any atom is -0.538 e. The van der Waals surface area contributed by atoms with Crippen molar-refractivity contribution in [1.82, 2.24) is 0 Å². The highest BCUT2D eigenvalue weighted by Gasteiger charge is 2.50. The van der Waals surface area contributed by atoms with Crippen LogP contribution in [0.2, 0.25) is 65.5 Å². The highest BCUT2D eigenvalue weighted by atomic mass is 28.4. The first-order chi connectivity index (χ1) is 13.6. The van der Waals surface area contributed by atoms with Crippen LogP contribution in [0, 0.1) is 0 Å². The Balaban J connectivity index is 2.38. The van der Waals surface area contributed by atoms with Crippen molar-refractivity contribution in [2.45, 2.75) is 65.5 Å². The number of furan rings is 2. The molecular weight excluding hydrogens is 441 g/mol. The van der Waals surface area contributed by atoms with Gasteiger partial charge in [-0.05, 0) is 60.1 Å². The highest BCUT2D eigenvalue weighted by molar-refractivity contribution is 7.06. The third-order valence-corrected chi connectivity index (χ3v) is 21.2. The van der Waals surface area contributed by atoms with Crippen LogP contribution in [-0.2, 0) is 8.85 Å². The maximum Gasteiger partial charge on any atom is 0.272 e. The zero-order valence-electron chi connectivity index (χ0n) is 20.1. The number of hydrogen-bond donors (Lipinski definition) is 0. The van der Waals surface area contributed by atoms with E-state index in [-0.39, 0.29) is 0 Å². The summed E-state index contributed by atoms with van der Waals surface area (Å²) in [6.45, 7) is 23.4. The normalized spacial score (nSPS) is 24.6. The van der Waals surface area contributed by atoms with Crippen LogP contribution in [0.1, 0.15) is 11.5 Å². The first-order valence-corrected chi connectivity index (χ1v) is 23.4. The average Bonchev–Trinajstić information content (AvgIpc) is 3.23. The van der Waals surface area contributed by atoms with Crippen molar-refractivity contribution in [2.75, 3.05) is 0 Å². The molecule has 0 N–H and O–H groups in total. The first kappa shape index (κ1) is 23.2. The Morgan fingerprint density at radius 2 is 0.933 bits per heavy atom. The lowest BCUT2D eigenvalue weighted by atomic mass is 10.4. The Morgan fingerprint density at radius 1 is 0.600 bits per heavy atom. The van der Waals surface area contributed by atoms with Crippen molar-refractivity contribution in [2.24, 2.45) is 0 Å². The molecule has 0 amide bonds. The molecule has 0 atom stereocenters. The van der Waals surface area contributed by atoms with E-state index in [1.807, 2.05) is 24.3 Å². The quantitative estimate of drug-likeness (QED) is 0.435. The highest BCUT2D eigenvalue weighted by Crippen LogP contribution is 2.45. The summed E-state index contributed by atoms with van der Waals surface area (Å²) in [7, 11) is -8.35. The van der Waals surface area contributed by atoms with E-state index in [1.54, 1.807) is 12.5 Å². The van der Waals surface area contributed by atoms with Crippen LogP contribution in [0.15, 0.2) is 55.3 Å². The molecule has 2 aromatic rings. The van der Waals surface area contributed by atoms with Gasteiger partial charge in [0.15, 0.2) is 11.5 Å². The summed E-state index contributed by atoms with van der Waals surface area (Å²) in [6, 6.07) is 7.94. The fourth-order valence-electron chi connectivity index (χ4n) is 4.91. The predicted molar refractivity (Wildman–Crippen MR) is 135 cm³/mol. The second-order valence-corrected chi connectivity index (χ2v) is 29.5. The molecule has 0 bridgehead atoms. The largest absolute Gasteiger partial charge is 0.538 e. The lowest BCUT2D eigenvalue weighted by Gasteiger charge is -2.44. The van der Waals surface area contributed by atoms with Crippen molar-refractivity contribution >= 4 is 44.3 Å². The summed E-state index contributed by atoms with van der Waals surface area (Å²) in [5, 5.41) is 0. The molecule has 3 heterocycles. The van der Waals surface area contributed by atoms with Crippen LogP contribution in [-0.4, -0.2) is 32.8 Å². The van der Waals surface area contributed by atoms with Gasteiger partial charge in [-0.1, -0.05) is 39.3 Å². The molecule has 0 radical (unpaired) electrons. The lowest BCUT2D eigenvalue weighted by Crippen LogP contribution is -2.52. The van der Waals surface area contributed by atoms with Gasteiger partial charge in [-0.15, -0.1) is 0 Å². The SMILES string of the molecule is C[Si](C)(C)/C1=C(\c2ccco2)O[Si](C)(C)/C([Si](C)(C)C)=C(/c2ccco2)O[Si]1(C)C. The Kier molecular flexibility index (Phi) is 5.85. The summed E-state index contributed by atoms with van der Waals surface area (Å²) in [5.74, 6) is 3.55. The molecule has 164 valence electrons. The minimum absolute atomic E-state index is 0.827. The van der Waals surface area contributed by atoms with E-state index in [9.17, 15) is 0 Å². The Bertz CT molecular complexity index is 874. The lowest BCUT2D eigenvalue weighted by molar-refractivity contribution is 0.442. The van der Waals surface area contributed by atoms with Crippen LogP contribution in [0.25, 0.3) is 11.5 Å². The van der Waals surface area contributed by atoms with E-state index in [1.165, 1.54) is 9.64 Å². The number of rotatable bonds is 4. The standard InChI is InChI=1S/C22H36O4Si4/c1-27(2,3)21-19(17-13-11-15-23-17)25-30(9,10)22(28(4,5)6)20(26-29(21,7)8)18-14-12-16-24-18/h11-16H,1-10H3/b21-19-,22-20-. The van der Waals surface area contributed by atoms with E-state index >= 15 is 0 Å². The fourth-order valence-corrected chi connectivity index (χ4v) is 24.9. The smallest absolute Gasteiger partial charge is 0.272 e. The van der Waals surface area contributed by atoms with Crippen molar-refractivity contribution in [1.29, 1.82) is 0 Å². The molecule has 4 nitrogen and oxygen atoms in total. The maximum atomic E-state index is 7.11. The van der Waals surface area contributed by atoms with Gasteiger partial charge in [0, 0.05) is 0 Å². The van der Waals surface area contributed by atoms with Crippen molar-refractivity contribution in [3.8, 4) is 0 Å². The zero-order valence-corrected chi connectivity index (χ0v) is 24.1. The van der Waals surface area contributed by atoms with Crippen molar-refractivity contribution < 1.29 is 17.7 Å². The van der Waals surface area contributed by atoms with Gasteiger partial charge in [0.1, 0.15) is 11.5 Å². The molecule has 3 rings (SSSR count). The number of hydrogen-bond acceptors (Lipinski definition) is 4. The van der Waals surface area contributed by atoms with Gasteiger partial charge < -0.3 is 17.7 Å². The van der Waals surface area contributed by atoms with E-state index in [4.69, 9.17) is 17.7 Å². The van der Waals surface area contributed by atoms with Gasteiger partial charge in [0.25, 0.3) is 16.6 Å². The zero-order chi connectivity index (χ0) is 22.5. The first-order valence-electron chi connectivity index (χ1n) is 10.6. The summed E-state index contributed by atoms with van der Waals surface area (Å²) in [5.41, 5.74) is 0. The van der Waals surface area contributed by atoms with Gasteiger partial charge in [-0.2, -0.15) is 0 Å². The van der Waals surface area contributed by atoms with Crippen LogP contribution in [0.4, 0.5) is 0 Å². The Hall–Kier alpha value is -1.49. The van der Waals surface area contributed by atoms with E-state index in [0.717, 1.165) is 23.0 Å². The molecule has 0 aliphatic carbocycles.